The van der Waals surface area contributed by atoms with Crippen molar-refractivity contribution in [2.45, 2.75) is 31.6 Å². The van der Waals surface area contributed by atoms with Crippen molar-refractivity contribution in [3.8, 4) is 0 Å². The van der Waals surface area contributed by atoms with E-state index >= 15 is 0 Å². The summed E-state index contributed by atoms with van der Waals surface area (Å²) in [4.78, 5) is 20.6. The highest BCUT2D eigenvalue weighted by atomic mass is 19.1. The number of hydrogen-bond acceptors (Lipinski definition) is 4. The van der Waals surface area contributed by atoms with E-state index in [4.69, 9.17) is 5.73 Å². The summed E-state index contributed by atoms with van der Waals surface area (Å²) in [6.45, 7) is 2.52. The molecule has 1 aromatic heterocycles. The minimum atomic E-state index is -0.324. The van der Waals surface area contributed by atoms with E-state index in [0.717, 1.165) is 36.2 Å². The van der Waals surface area contributed by atoms with Crippen LogP contribution in [0.4, 0.5) is 15.9 Å². The standard InChI is InChI=1S/C21H25FN4O/c22-18-4-1-3-16(11-18)17(8-9-20(23)27)13-25-14-26(12-15-6-7-15)21-19(25)5-2-10-24-21/h1-5,10-11,15,17H,6-9,12-14H2,(H2,23,27). The number of halogens is 1. The van der Waals surface area contributed by atoms with Gasteiger partial charge >= 0.3 is 0 Å². The molecule has 4 rings (SSSR count). The first kappa shape index (κ1) is 17.8. The maximum atomic E-state index is 13.8. The van der Waals surface area contributed by atoms with Crippen LogP contribution in [0.2, 0.25) is 0 Å². The lowest BCUT2D eigenvalue weighted by atomic mass is 9.93. The second-order valence-corrected chi connectivity index (χ2v) is 7.63. The molecule has 1 aliphatic carbocycles. The number of nitrogens with zero attached hydrogens (tertiary/aromatic N) is 3. The molecule has 1 amide bonds. The van der Waals surface area contributed by atoms with Crippen molar-refractivity contribution < 1.29 is 9.18 Å². The predicted molar refractivity (Wildman–Crippen MR) is 104 cm³/mol. The molecule has 1 aliphatic heterocycles. The van der Waals surface area contributed by atoms with Gasteiger partial charge in [-0.2, -0.15) is 0 Å². The van der Waals surface area contributed by atoms with Crippen LogP contribution in [0.25, 0.3) is 0 Å². The van der Waals surface area contributed by atoms with Crippen LogP contribution in [0.1, 0.15) is 37.2 Å². The minimum Gasteiger partial charge on any atom is -0.370 e. The Labute approximate surface area is 159 Å². The zero-order valence-electron chi connectivity index (χ0n) is 15.4. The van der Waals surface area contributed by atoms with Crippen molar-refractivity contribution in [2.24, 2.45) is 11.7 Å². The number of carbonyl (C=O) groups is 1. The summed E-state index contributed by atoms with van der Waals surface area (Å²) in [5.74, 6) is 1.25. The largest absolute Gasteiger partial charge is 0.370 e. The normalized spacial score (nSPS) is 17.1. The first-order valence-corrected chi connectivity index (χ1v) is 9.59. The molecule has 6 heteroatoms. The fourth-order valence-electron chi connectivity index (χ4n) is 3.85. The Bertz CT molecular complexity index is 823. The Morgan fingerprint density at radius 3 is 2.85 bits per heavy atom. The molecule has 1 unspecified atom stereocenters. The number of amides is 1. The number of primary amides is 1. The Hall–Kier alpha value is -2.63. The van der Waals surface area contributed by atoms with Crippen molar-refractivity contribution in [2.75, 3.05) is 29.6 Å². The molecule has 2 N–H and O–H groups in total. The molecule has 1 fully saturated rings. The summed E-state index contributed by atoms with van der Waals surface area (Å²) in [6, 6.07) is 10.7. The van der Waals surface area contributed by atoms with Crippen molar-refractivity contribution in [3.63, 3.8) is 0 Å². The molecule has 2 aliphatic rings. The van der Waals surface area contributed by atoms with E-state index in [2.05, 4.69) is 20.9 Å². The monoisotopic (exact) mass is 368 g/mol. The average Bonchev–Trinajstić information content (AvgIpc) is 3.40. The van der Waals surface area contributed by atoms with Gasteiger partial charge in [0.1, 0.15) is 5.82 Å². The van der Waals surface area contributed by atoms with E-state index in [0.29, 0.717) is 19.4 Å². The maximum absolute atomic E-state index is 13.8. The zero-order chi connectivity index (χ0) is 18.8. The summed E-state index contributed by atoms with van der Waals surface area (Å²) in [7, 11) is 0. The highest BCUT2D eigenvalue weighted by Gasteiger charge is 2.33. The lowest BCUT2D eigenvalue weighted by Gasteiger charge is -2.26. The number of aromatic nitrogens is 1. The van der Waals surface area contributed by atoms with E-state index in [1.165, 1.54) is 18.9 Å². The molecular weight excluding hydrogens is 343 g/mol. The van der Waals surface area contributed by atoms with Gasteiger partial charge in [0.15, 0.2) is 5.82 Å². The fraction of sp³-hybridized carbons (Fsp3) is 0.429. The van der Waals surface area contributed by atoms with Crippen LogP contribution in [-0.4, -0.2) is 30.6 Å². The highest BCUT2D eigenvalue weighted by molar-refractivity contribution is 5.74. The number of anilines is 2. The molecule has 1 saturated carbocycles. The third kappa shape index (κ3) is 4.21. The molecule has 0 bridgehead atoms. The first-order chi connectivity index (χ1) is 13.1. The van der Waals surface area contributed by atoms with Gasteiger partial charge in [0.05, 0.1) is 12.4 Å². The van der Waals surface area contributed by atoms with Crippen LogP contribution in [0, 0.1) is 11.7 Å². The second-order valence-electron chi connectivity index (χ2n) is 7.63. The molecule has 2 heterocycles. The number of fused-ring (bicyclic) bond motifs is 1. The van der Waals surface area contributed by atoms with Crippen LogP contribution < -0.4 is 15.5 Å². The molecule has 27 heavy (non-hydrogen) atoms. The SMILES string of the molecule is NC(=O)CCC(CN1CN(CC2CC2)c2ncccc21)c1cccc(F)c1. The van der Waals surface area contributed by atoms with Crippen molar-refractivity contribution in [1.82, 2.24) is 4.98 Å². The van der Waals surface area contributed by atoms with Crippen molar-refractivity contribution >= 4 is 17.4 Å². The number of nitrogens with two attached hydrogens (primary N) is 1. The summed E-state index contributed by atoms with van der Waals surface area (Å²) in [6.07, 6.45) is 5.32. The van der Waals surface area contributed by atoms with Crippen molar-refractivity contribution in [3.05, 3.63) is 54.0 Å². The zero-order valence-corrected chi connectivity index (χ0v) is 15.4. The summed E-state index contributed by atoms with van der Waals surface area (Å²) < 4.78 is 13.8. The van der Waals surface area contributed by atoms with E-state index in [1.807, 2.05) is 18.3 Å². The van der Waals surface area contributed by atoms with Crippen LogP contribution in [0.3, 0.4) is 0 Å². The van der Waals surface area contributed by atoms with Crippen molar-refractivity contribution in [1.29, 1.82) is 0 Å². The fourth-order valence-corrected chi connectivity index (χ4v) is 3.85. The predicted octanol–water partition coefficient (Wildman–Crippen LogP) is 3.26. The van der Waals surface area contributed by atoms with E-state index in [9.17, 15) is 9.18 Å². The smallest absolute Gasteiger partial charge is 0.217 e. The minimum absolute atomic E-state index is 0.0298. The van der Waals surface area contributed by atoms with Gasteiger partial charge in [-0.1, -0.05) is 12.1 Å². The number of benzene rings is 1. The Morgan fingerprint density at radius 1 is 1.26 bits per heavy atom. The Morgan fingerprint density at radius 2 is 2.11 bits per heavy atom. The lowest BCUT2D eigenvalue weighted by Crippen LogP contribution is -2.35. The van der Waals surface area contributed by atoms with Crippen LogP contribution >= 0.6 is 0 Å². The van der Waals surface area contributed by atoms with Gasteiger partial charge in [-0.15, -0.1) is 0 Å². The molecule has 142 valence electrons. The Balaban J connectivity index is 1.55. The molecule has 0 saturated heterocycles. The van der Waals surface area contributed by atoms with Gasteiger partial charge in [0.25, 0.3) is 0 Å². The molecule has 0 radical (unpaired) electrons. The summed E-state index contributed by atoms with van der Waals surface area (Å²) >= 11 is 0. The third-order valence-corrected chi connectivity index (χ3v) is 5.42. The average molecular weight is 368 g/mol. The van der Waals surface area contributed by atoms with Crippen LogP contribution in [-0.2, 0) is 4.79 Å². The molecule has 5 nitrogen and oxygen atoms in total. The lowest BCUT2D eigenvalue weighted by molar-refractivity contribution is -0.118. The van der Waals surface area contributed by atoms with Gasteiger partial charge in [-0.3, -0.25) is 4.79 Å². The van der Waals surface area contributed by atoms with E-state index in [-0.39, 0.29) is 17.6 Å². The summed E-state index contributed by atoms with van der Waals surface area (Å²) in [5, 5.41) is 0. The summed E-state index contributed by atoms with van der Waals surface area (Å²) in [5.41, 5.74) is 7.39. The molecule has 2 aromatic rings. The number of rotatable bonds is 8. The van der Waals surface area contributed by atoms with E-state index < -0.39 is 0 Å². The number of carbonyl (C=O) groups excluding carboxylic acids is 1. The van der Waals surface area contributed by atoms with Gasteiger partial charge in [-0.05, 0) is 55.0 Å². The quantitative estimate of drug-likeness (QED) is 0.777. The third-order valence-electron chi connectivity index (χ3n) is 5.42. The molecule has 1 atom stereocenters. The van der Waals surface area contributed by atoms with Crippen LogP contribution in [0.5, 0.6) is 0 Å². The number of pyridine rings is 1. The molecular formula is C21H25FN4O. The van der Waals surface area contributed by atoms with Crippen LogP contribution in [0.15, 0.2) is 42.6 Å². The van der Waals surface area contributed by atoms with Gasteiger partial charge in [-0.25, -0.2) is 9.37 Å². The van der Waals surface area contributed by atoms with Gasteiger partial charge in [0, 0.05) is 31.6 Å². The second kappa shape index (κ2) is 7.55. The van der Waals surface area contributed by atoms with Gasteiger partial charge in [0.2, 0.25) is 5.91 Å². The first-order valence-electron chi connectivity index (χ1n) is 9.59. The van der Waals surface area contributed by atoms with Gasteiger partial charge < -0.3 is 15.5 Å². The molecule has 1 aromatic carbocycles. The number of hydrogen-bond donors (Lipinski definition) is 1. The maximum Gasteiger partial charge on any atom is 0.217 e. The molecule has 0 spiro atoms. The highest BCUT2D eigenvalue weighted by Crippen LogP contribution is 2.39. The topological polar surface area (TPSA) is 62.5 Å². The van der Waals surface area contributed by atoms with E-state index in [1.54, 1.807) is 12.1 Å². The Kier molecular flexibility index (Phi) is 4.97.